The maximum atomic E-state index is 13.5. The molecule has 0 aliphatic rings. The molecule has 0 aliphatic carbocycles. The van der Waals surface area contributed by atoms with Crippen molar-refractivity contribution in [3.63, 3.8) is 0 Å². The number of carbonyl (C=O) groups is 6. The summed E-state index contributed by atoms with van der Waals surface area (Å²) in [4.78, 5) is 78.8. The lowest BCUT2D eigenvalue weighted by molar-refractivity contribution is -0.127. The molecule has 16 nitrogen and oxygen atoms in total. The first-order valence-electron chi connectivity index (χ1n) is 20.4. The lowest BCUT2D eigenvalue weighted by Gasteiger charge is -2.15. The van der Waals surface area contributed by atoms with E-state index in [9.17, 15) is 28.8 Å². The van der Waals surface area contributed by atoms with Gasteiger partial charge in [0.2, 0.25) is 12.1 Å². The third-order valence-electron chi connectivity index (χ3n) is 9.88. The number of rotatable bonds is 21. The molecule has 0 saturated carbocycles. The Bertz CT molecular complexity index is 2790. The molecule has 0 bridgehead atoms. The molecule has 0 fully saturated rings. The summed E-state index contributed by atoms with van der Waals surface area (Å²) >= 11 is 30.9. The van der Waals surface area contributed by atoms with E-state index in [0.717, 1.165) is 25.0 Å². The Morgan fingerprint density at radius 3 is 1.40 bits per heavy atom. The van der Waals surface area contributed by atoms with Gasteiger partial charge in [0.25, 0.3) is 23.6 Å². The molecule has 5 aromatic carbocycles. The van der Waals surface area contributed by atoms with E-state index in [0.29, 0.717) is 53.0 Å². The molecular formula is C47H43Cl5N8O8. The van der Waals surface area contributed by atoms with Crippen LogP contribution in [-0.4, -0.2) is 73.3 Å². The van der Waals surface area contributed by atoms with Crippen LogP contribution in [0, 0.1) is 0 Å². The van der Waals surface area contributed by atoms with Gasteiger partial charge in [0, 0.05) is 63.6 Å². The van der Waals surface area contributed by atoms with Crippen LogP contribution in [0.4, 0.5) is 34.1 Å². The molecule has 354 valence electrons. The Morgan fingerprint density at radius 2 is 0.985 bits per heavy atom. The molecule has 0 radical (unpaired) electrons. The highest BCUT2D eigenvalue weighted by Crippen LogP contribution is 2.31. The van der Waals surface area contributed by atoms with Crippen molar-refractivity contribution in [3.8, 4) is 11.5 Å². The Balaban J connectivity index is 1.27. The predicted octanol–water partition coefficient (Wildman–Crippen LogP) is 11.2. The van der Waals surface area contributed by atoms with Gasteiger partial charge in [0.15, 0.2) is 11.6 Å². The summed E-state index contributed by atoms with van der Waals surface area (Å²) in [6.07, 6.45) is 0.976. The number of azo groups is 2. The molecule has 0 heterocycles. The molecule has 2 unspecified atom stereocenters. The molecule has 0 saturated heterocycles. The zero-order valence-electron chi connectivity index (χ0n) is 36.8. The summed E-state index contributed by atoms with van der Waals surface area (Å²) in [7, 11) is 3.01. The zero-order chi connectivity index (χ0) is 49.5. The number of nitrogens with one attached hydrogen (secondary N) is 4. The molecule has 5 aromatic rings. The molecule has 0 spiro atoms. The minimum Gasteiger partial charge on any atom is -0.497 e. The minimum absolute atomic E-state index is 0.0108. The number of hydrogen-bond acceptors (Lipinski definition) is 12. The second kappa shape index (κ2) is 25.1. The molecule has 4 N–H and O–H groups in total. The molecule has 4 amide bonds. The number of nitrogens with zero attached hydrogens (tertiary/aromatic N) is 4. The number of hydrogen-bond donors (Lipinski definition) is 4. The number of aryl methyl sites for hydroxylation is 2. The minimum atomic E-state index is -1.65. The fraction of sp³-hybridized carbons (Fsp3) is 0.234. The number of benzene rings is 5. The van der Waals surface area contributed by atoms with Gasteiger partial charge in [-0.25, -0.2) is 0 Å². The van der Waals surface area contributed by atoms with Crippen molar-refractivity contribution < 1.29 is 38.2 Å². The lowest BCUT2D eigenvalue weighted by atomic mass is 10.1. The normalized spacial score (nSPS) is 12.0. The van der Waals surface area contributed by atoms with Gasteiger partial charge in [-0.15, -0.1) is 34.8 Å². The van der Waals surface area contributed by atoms with Crippen LogP contribution in [-0.2, 0) is 37.9 Å². The SMILES string of the molecule is COc1ccc(CCCl)c(NC(=O)c2ccc(Cl)c(N=NC(C(C)=O)C(=O)Nc3ccc(NC(=O)C(N=Nc4cc(C(=O)Nc5cc(OC)ccc5CCCl)ccc4Cl)C(C)=O)c(CCl)c3)c2)c1. The van der Waals surface area contributed by atoms with Crippen LogP contribution in [0.25, 0.3) is 0 Å². The summed E-state index contributed by atoms with van der Waals surface area (Å²) in [5.74, 6) is -2.52. The van der Waals surface area contributed by atoms with Crippen LogP contribution in [0.1, 0.15) is 51.3 Å². The number of carbonyl (C=O) groups excluding carboxylic acids is 6. The maximum Gasteiger partial charge on any atom is 0.258 e. The smallest absolute Gasteiger partial charge is 0.258 e. The third-order valence-corrected chi connectivity index (χ3v) is 11.2. The monoisotopic (exact) mass is 1020 g/mol. The Hall–Kier alpha value is -6.43. The van der Waals surface area contributed by atoms with Gasteiger partial charge in [-0.05, 0) is 110 Å². The highest BCUT2D eigenvalue weighted by atomic mass is 35.5. The van der Waals surface area contributed by atoms with Gasteiger partial charge in [-0.2, -0.15) is 20.5 Å². The van der Waals surface area contributed by atoms with Gasteiger partial charge >= 0.3 is 0 Å². The molecule has 2 atom stereocenters. The van der Waals surface area contributed by atoms with Crippen molar-refractivity contribution in [1.29, 1.82) is 0 Å². The quantitative estimate of drug-likeness (QED) is 0.0314. The van der Waals surface area contributed by atoms with Crippen molar-refractivity contribution in [2.75, 3.05) is 47.2 Å². The average Bonchev–Trinajstić information content (AvgIpc) is 3.31. The average molecular weight is 1030 g/mol. The van der Waals surface area contributed by atoms with Crippen LogP contribution < -0.4 is 30.7 Å². The van der Waals surface area contributed by atoms with Gasteiger partial charge in [0.1, 0.15) is 22.9 Å². The largest absolute Gasteiger partial charge is 0.497 e. The fourth-order valence-electron chi connectivity index (χ4n) is 6.28. The Labute approximate surface area is 416 Å². The van der Waals surface area contributed by atoms with Crippen molar-refractivity contribution in [3.05, 3.63) is 129 Å². The molecule has 0 aromatic heterocycles. The Kier molecular flexibility index (Phi) is 19.4. The zero-order valence-corrected chi connectivity index (χ0v) is 40.6. The van der Waals surface area contributed by atoms with Crippen LogP contribution in [0.15, 0.2) is 111 Å². The molecule has 68 heavy (non-hydrogen) atoms. The van der Waals surface area contributed by atoms with Gasteiger partial charge < -0.3 is 30.7 Å². The maximum absolute atomic E-state index is 13.5. The fourth-order valence-corrected chi connectivity index (χ4v) is 7.22. The summed E-state index contributed by atoms with van der Waals surface area (Å²) in [6, 6.07) is 19.9. The first-order valence-corrected chi connectivity index (χ1v) is 22.8. The Morgan fingerprint density at radius 1 is 0.529 bits per heavy atom. The number of Topliss-reactive ketones (excluding diaryl/α,β-unsaturated/α-hetero) is 2. The van der Waals surface area contributed by atoms with E-state index < -0.39 is 47.3 Å². The lowest BCUT2D eigenvalue weighted by Crippen LogP contribution is -2.32. The summed E-state index contributed by atoms with van der Waals surface area (Å²) in [5.41, 5.74) is 3.57. The van der Waals surface area contributed by atoms with Crippen molar-refractivity contribution in [2.45, 2.75) is 44.7 Å². The molecule has 21 heteroatoms. The number of halogens is 5. The van der Waals surface area contributed by atoms with E-state index in [4.69, 9.17) is 67.5 Å². The summed E-state index contributed by atoms with van der Waals surface area (Å²) < 4.78 is 10.6. The third kappa shape index (κ3) is 14.1. The van der Waals surface area contributed by atoms with Crippen LogP contribution in [0.5, 0.6) is 11.5 Å². The van der Waals surface area contributed by atoms with Crippen LogP contribution in [0.2, 0.25) is 10.0 Å². The highest BCUT2D eigenvalue weighted by Gasteiger charge is 2.26. The van der Waals surface area contributed by atoms with Crippen LogP contribution >= 0.6 is 58.0 Å². The molecular weight excluding hydrogens is 982 g/mol. The first kappa shape index (κ1) is 52.5. The van der Waals surface area contributed by atoms with E-state index in [1.165, 1.54) is 68.8 Å². The predicted molar refractivity (Wildman–Crippen MR) is 265 cm³/mol. The van der Waals surface area contributed by atoms with Gasteiger partial charge in [-0.1, -0.05) is 35.3 Å². The van der Waals surface area contributed by atoms with Crippen molar-refractivity contribution in [2.24, 2.45) is 20.5 Å². The first-order chi connectivity index (χ1) is 32.6. The van der Waals surface area contributed by atoms with Crippen LogP contribution in [0.3, 0.4) is 0 Å². The van der Waals surface area contributed by atoms with E-state index in [1.54, 1.807) is 36.4 Å². The second-order valence-electron chi connectivity index (χ2n) is 14.6. The summed E-state index contributed by atoms with van der Waals surface area (Å²) in [6.45, 7) is 2.30. The molecule has 5 rings (SSSR count). The van der Waals surface area contributed by atoms with Crippen molar-refractivity contribution >= 4 is 127 Å². The van der Waals surface area contributed by atoms with E-state index in [-0.39, 0.29) is 49.8 Å². The molecule has 0 aliphatic heterocycles. The second-order valence-corrected chi connectivity index (χ2v) is 16.4. The van der Waals surface area contributed by atoms with Gasteiger partial charge in [0.05, 0.1) is 24.3 Å². The van der Waals surface area contributed by atoms with E-state index >= 15 is 0 Å². The standard InChI is InChI=1S/C47H43Cl5N8O8/c1-25(61)42(59-57-40-20-29(7-12-35(40)51)44(63)55-38-22-33(67-3)10-5-27(38)15-17-48)46(65)53-32-9-14-37(31(19-32)24-50)54-47(66)43(26(2)62)60-58-41-21-30(8-13-36(41)52)45(64)56-39-23-34(68-4)11-6-28(39)16-18-49/h5-14,19-23,42-43H,15-18,24H2,1-4H3,(H,53,65)(H,54,66)(H,55,63)(H,56,64). The number of ketones is 2. The number of anilines is 4. The number of alkyl halides is 3. The van der Waals surface area contributed by atoms with Crippen molar-refractivity contribution in [1.82, 2.24) is 0 Å². The number of methoxy groups -OCH3 is 2. The van der Waals surface area contributed by atoms with Gasteiger partial charge in [-0.3, -0.25) is 28.8 Å². The van der Waals surface area contributed by atoms with E-state index in [1.807, 2.05) is 0 Å². The summed E-state index contributed by atoms with van der Waals surface area (Å²) in [5, 5.41) is 27.1. The number of ether oxygens (including phenoxy) is 2. The van der Waals surface area contributed by atoms with E-state index in [2.05, 4.69) is 41.7 Å². The highest BCUT2D eigenvalue weighted by molar-refractivity contribution is 6.33. The topological polar surface area (TPSA) is 218 Å². The number of amides is 4.